The maximum Gasteiger partial charge on any atom is 0.230 e. The van der Waals surface area contributed by atoms with Gasteiger partial charge in [-0.2, -0.15) is 0 Å². The molecule has 0 saturated heterocycles. The van der Waals surface area contributed by atoms with E-state index in [0.29, 0.717) is 0 Å². The van der Waals surface area contributed by atoms with E-state index in [1.165, 1.54) is 12.1 Å². The zero-order valence-corrected chi connectivity index (χ0v) is 16.5. The standard InChI is InChI=1S/C22H26FN3O/c1-14(2)26-19-9-7-6-8-18(19)25-20(26)15(3)24-21(27)22(4,5)16-10-12-17(23)13-11-16/h6-15H,1-5H3,(H,24,27)/t15-/m1/s1. The SMILES string of the molecule is CC(C)n1c([C@@H](C)NC(=O)C(C)(C)c2ccc(F)cc2)nc2ccccc21. The van der Waals surface area contributed by atoms with Crippen molar-refractivity contribution in [3.05, 3.63) is 65.7 Å². The van der Waals surface area contributed by atoms with Crippen LogP contribution in [0.25, 0.3) is 11.0 Å². The lowest BCUT2D eigenvalue weighted by atomic mass is 9.83. The maximum atomic E-state index is 13.2. The monoisotopic (exact) mass is 367 g/mol. The molecule has 0 bridgehead atoms. The van der Waals surface area contributed by atoms with Crippen LogP contribution in [0.4, 0.5) is 4.39 Å². The van der Waals surface area contributed by atoms with Crippen molar-refractivity contribution in [1.82, 2.24) is 14.9 Å². The number of fused-ring (bicyclic) bond motifs is 1. The number of carbonyl (C=O) groups is 1. The van der Waals surface area contributed by atoms with Gasteiger partial charge in [-0.05, 0) is 64.4 Å². The second-order valence-electron chi connectivity index (χ2n) is 7.75. The molecule has 142 valence electrons. The van der Waals surface area contributed by atoms with Crippen molar-refractivity contribution in [2.24, 2.45) is 0 Å². The van der Waals surface area contributed by atoms with Gasteiger partial charge >= 0.3 is 0 Å². The predicted molar refractivity (Wildman–Crippen MR) is 106 cm³/mol. The highest BCUT2D eigenvalue weighted by Crippen LogP contribution is 2.28. The lowest BCUT2D eigenvalue weighted by Crippen LogP contribution is -2.41. The Hall–Kier alpha value is -2.69. The van der Waals surface area contributed by atoms with E-state index in [2.05, 4.69) is 23.7 Å². The highest BCUT2D eigenvalue weighted by atomic mass is 19.1. The largest absolute Gasteiger partial charge is 0.346 e. The third kappa shape index (κ3) is 3.59. The molecule has 4 nitrogen and oxygen atoms in total. The summed E-state index contributed by atoms with van der Waals surface area (Å²) in [6, 6.07) is 14.0. The van der Waals surface area contributed by atoms with Crippen LogP contribution in [0.5, 0.6) is 0 Å². The molecule has 0 fully saturated rings. The summed E-state index contributed by atoms with van der Waals surface area (Å²) in [6.07, 6.45) is 0. The number of hydrogen-bond acceptors (Lipinski definition) is 2. The fraction of sp³-hybridized carbons (Fsp3) is 0.364. The van der Waals surface area contributed by atoms with Crippen LogP contribution in [0.2, 0.25) is 0 Å². The number of imidazole rings is 1. The van der Waals surface area contributed by atoms with Gasteiger partial charge in [0.25, 0.3) is 0 Å². The quantitative estimate of drug-likeness (QED) is 0.696. The maximum absolute atomic E-state index is 13.2. The average Bonchev–Trinajstić information content (AvgIpc) is 3.02. The fourth-order valence-corrected chi connectivity index (χ4v) is 3.35. The van der Waals surface area contributed by atoms with E-state index in [1.807, 2.05) is 45.0 Å². The third-order valence-electron chi connectivity index (χ3n) is 5.01. The topological polar surface area (TPSA) is 46.9 Å². The molecule has 0 aliphatic rings. The first-order chi connectivity index (χ1) is 12.7. The summed E-state index contributed by atoms with van der Waals surface area (Å²) in [7, 11) is 0. The number of rotatable bonds is 5. The van der Waals surface area contributed by atoms with Gasteiger partial charge in [0, 0.05) is 6.04 Å². The van der Waals surface area contributed by atoms with E-state index in [-0.39, 0.29) is 23.8 Å². The van der Waals surface area contributed by atoms with E-state index in [0.717, 1.165) is 22.4 Å². The van der Waals surface area contributed by atoms with Crippen LogP contribution >= 0.6 is 0 Å². The lowest BCUT2D eigenvalue weighted by Gasteiger charge is -2.27. The highest BCUT2D eigenvalue weighted by molar-refractivity contribution is 5.87. The second kappa shape index (κ2) is 7.14. The summed E-state index contributed by atoms with van der Waals surface area (Å²) in [4.78, 5) is 17.7. The zero-order chi connectivity index (χ0) is 19.8. The summed E-state index contributed by atoms with van der Waals surface area (Å²) < 4.78 is 15.4. The molecule has 3 aromatic rings. The van der Waals surface area contributed by atoms with Crippen LogP contribution in [0, 0.1) is 5.82 Å². The Labute approximate surface area is 159 Å². The van der Waals surface area contributed by atoms with E-state index >= 15 is 0 Å². The lowest BCUT2D eigenvalue weighted by molar-refractivity contribution is -0.126. The summed E-state index contributed by atoms with van der Waals surface area (Å²) in [5.41, 5.74) is 1.96. The number of halogens is 1. The van der Waals surface area contributed by atoms with Gasteiger partial charge in [-0.3, -0.25) is 4.79 Å². The van der Waals surface area contributed by atoms with Crippen molar-refractivity contribution >= 4 is 16.9 Å². The molecule has 0 radical (unpaired) electrons. The van der Waals surface area contributed by atoms with Gasteiger partial charge < -0.3 is 9.88 Å². The number of nitrogens with zero attached hydrogens (tertiary/aromatic N) is 2. The van der Waals surface area contributed by atoms with Gasteiger partial charge in [-0.1, -0.05) is 24.3 Å². The summed E-state index contributed by atoms with van der Waals surface area (Å²) in [5.74, 6) is 0.396. The molecule has 1 N–H and O–H groups in total. The van der Waals surface area contributed by atoms with Crippen molar-refractivity contribution in [3.63, 3.8) is 0 Å². The minimum atomic E-state index is -0.781. The Balaban J connectivity index is 1.89. The van der Waals surface area contributed by atoms with Crippen LogP contribution < -0.4 is 5.32 Å². The number of para-hydroxylation sites is 2. The second-order valence-corrected chi connectivity index (χ2v) is 7.75. The van der Waals surface area contributed by atoms with Crippen LogP contribution in [0.15, 0.2) is 48.5 Å². The third-order valence-corrected chi connectivity index (χ3v) is 5.01. The average molecular weight is 367 g/mol. The predicted octanol–water partition coefficient (Wildman–Crippen LogP) is 4.91. The molecule has 0 spiro atoms. The number of hydrogen-bond donors (Lipinski definition) is 1. The molecule has 0 aliphatic heterocycles. The number of nitrogens with one attached hydrogen (secondary N) is 1. The van der Waals surface area contributed by atoms with Gasteiger partial charge in [-0.15, -0.1) is 0 Å². The van der Waals surface area contributed by atoms with Crippen LogP contribution in [-0.2, 0) is 10.2 Å². The van der Waals surface area contributed by atoms with E-state index < -0.39 is 5.41 Å². The molecule has 0 unspecified atom stereocenters. The molecule has 1 atom stereocenters. The highest BCUT2D eigenvalue weighted by Gasteiger charge is 2.32. The molecule has 0 saturated carbocycles. The van der Waals surface area contributed by atoms with Gasteiger partial charge in [0.2, 0.25) is 5.91 Å². The fourth-order valence-electron chi connectivity index (χ4n) is 3.35. The summed E-state index contributed by atoms with van der Waals surface area (Å²) in [6.45, 7) is 9.84. The number of benzene rings is 2. The van der Waals surface area contributed by atoms with Gasteiger partial charge in [-0.25, -0.2) is 9.37 Å². The van der Waals surface area contributed by atoms with Gasteiger partial charge in [0.15, 0.2) is 0 Å². The van der Waals surface area contributed by atoms with Crippen LogP contribution in [0.1, 0.15) is 58.1 Å². The normalized spacial score (nSPS) is 13.1. The van der Waals surface area contributed by atoms with Gasteiger partial charge in [0.1, 0.15) is 11.6 Å². The summed E-state index contributed by atoms with van der Waals surface area (Å²) in [5, 5.41) is 3.09. The zero-order valence-electron chi connectivity index (χ0n) is 16.5. The Bertz CT molecular complexity index is 957. The Morgan fingerprint density at radius 3 is 2.33 bits per heavy atom. The Morgan fingerprint density at radius 1 is 1.07 bits per heavy atom. The van der Waals surface area contributed by atoms with E-state index in [9.17, 15) is 9.18 Å². The van der Waals surface area contributed by atoms with Crippen molar-refractivity contribution in [3.8, 4) is 0 Å². The van der Waals surface area contributed by atoms with E-state index in [4.69, 9.17) is 4.98 Å². The van der Waals surface area contributed by atoms with Gasteiger partial charge in [0.05, 0.1) is 22.5 Å². The Morgan fingerprint density at radius 2 is 1.70 bits per heavy atom. The molecule has 3 rings (SSSR count). The van der Waals surface area contributed by atoms with Crippen molar-refractivity contribution < 1.29 is 9.18 Å². The minimum Gasteiger partial charge on any atom is -0.346 e. The Kier molecular flexibility index (Phi) is 5.05. The molecule has 1 amide bonds. The van der Waals surface area contributed by atoms with Crippen LogP contribution in [0.3, 0.4) is 0 Å². The molecule has 0 aliphatic carbocycles. The number of aromatic nitrogens is 2. The van der Waals surface area contributed by atoms with E-state index in [1.54, 1.807) is 12.1 Å². The number of carbonyl (C=O) groups excluding carboxylic acids is 1. The molecule has 1 aromatic heterocycles. The van der Waals surface area contributed by atoms with Crippen molar-refractivity contribution in [2.45, 2.75) is 52.1 Å². The number of amides is 1. The molecule has 1 heterocycles. The molecule has 5 heteroatoms. The first-order valence-corrected chi connectivity index (χ1v) is 9.25. The van der Waals surface area contributed by atoms with Crippen molar-refractivity contribution in [2.75, 3.05) is 0 Å². The van der Waals surface area contributed by atoms with Crippen molar-refractivity contribution in [1.29, 1.82) is 0 Å². The smallest absolute Gasteiger partial charge is 0.230 e. The first kappa shape index (κ1) is 19.1. The summed E-state index contributed by atoms with van der Waals surface area (Å²) >= 11 is 0. The molecular formula is C22H26FN3O. The molecular weight excluding hydrogens is 341 g/mol. The van der Waals surface area contributed by atoms with Crippen LogP contribution in [-0.4, -0.2) is 15.5 Å². The molecule has 27 heavy (non-hydrogen) atoms. The molecule has 2 aromatic carbocycles. The minimum absolute atomic E-state index is 0.121. The first-order valence-electron chi connectivity index (χ1n) is 9.25.